The zero-order valence-electron chi connectivity index (χ0n) is 19.3. The first kappa shape index (κ1) is 22.7. The van der Waals surface area contributed by atoms with E-state index in [1.807, 2.05) is 27.7 Å². The van der Waals surface area contributed by atoms with Gasteiger partial charge in [-0.25, -0.2) is 19.3 Å². The number of carbonyl (C=O) groups is 1. The maximum atomic E-state index is 14.3. The van der Waals surface area contributed by atoms with Crippen molar-refractivity contribution in [2.24, 2.45) is 0 Å². The van der Waals surface area contributed by atoms with E-state index in [9.17, 15) is 14.3 Å². The summed E-state index contributed by atoms with van der Waals surface area (Å²) in [4.78, 5) is 32.4. The number of aryl methyl sites for hydroxylation is 3. The first-order valence-electron chi connectivity index (χ1n) is 10.8. The molecule has 1 aliphatic rings. The fourth-order valence-corrected chi connectivity index (χ4v) is 4.06. The van der Waals surface area contributed by atoms with Gasteiger partial charge >= 0.3 is 0 Å². The number of fused-ring (bicyclic) bond motifs is 1. The fourth-order valence-electron chi connectivity index (χ4n) is 4.06. The molecule has 0 aliphatic carbocycles. The molecule has 0 bridgehead atoms. The summed E-state index contributed by atoms with van der Waals surface area (Å²) in [5.74, 6) is 0.0842. The van der Waals surface area contributed by atoms with Crippen LogP contribution in [-0.4, -0.2) is 52.7 Å². The lowest BCUT2D eigenvalue weighted by molar-refractivity contribution is 0.0560. The minimum atomic E-state index is -0.714. The van der Waals surface area contributed by atoms with E-state index in [1.165, 1.54) is 0 Å². The van der Waals surface area contributed by atoms with Gasteiger partial charge in [0.05, 0.1) is 41.1 Å². The molecule has 4 rings (SSSR count). The number of hydrogen-bond acceptors (Lipinski definition) is 8. The van der Waals surface area contributed by atoms with E-state index in [2.05, 4.69) is 35.5 Å². The van der Waals surface area contributed by atoms with Crippen LogP contribution in [0.15, 0.2) is 6.20 Å². The number of aromatic nitrogens is 6. The number of hydrogen-bond donors (Lipinski definition) is 3. The van der Waals surface area contributed by atoms with Crippen LogP contribution in [0.1, 0.15) is 65.4 Å². The number of anilines is 2. The van der Waals surface area contributed by atoms with Crippen molar-refractivity contribution < 1.29 is 14.3 Å². The van der Waals surface area contributed by atoms with Gasteiger partial charge in [0, 0.05) is 25.0 Å². The molecule has 11 heteroatoms. The molecule has 0 aromatic carbocycles. The molecule has 4 heterocycles. The zero-order chi connectivity index (χ0) is 23.9. The Labute approximate surface area is 190 Å². The number of carbonyl (C=O) groups excluding carboxylic acids is 1. The molecule has 33 heavy (non-hydrogen) atoms. The van der Waals surface area contributed by atoms with Crippen LogP contribution in [0.5, 0.6) is 0 Å². The molecule has 3 aromatic heterocycles. The molecule has 0 unspecified atom stereocenters. The van der Waals surface area contributed by atoms with Gasteiger partial charge < -0.3 is 15.3 Å². The quantitative estimate of drug-likeness (QED) is 0.517. The lowest BCUT2D eigenvalue weighted by Crippen LogP contribution is -2.41. The van der Waals surface area contributed by atoms with Crippen molar-refractivity contribution in [1.29, 1.82) is 0 Å². The molecular formula is C22H27FN8O2. The van der Waals surface area contributed by atoms with Crippen LogP contribution < -0.4 is 5.32 Å². The third kappa shape index (κ3) is 3.92. The molecule has 10 nitrogen and oxygen atoms in total. The Morgan fingerprint density at radius 1 is 1.24 bits per heavy atom. The molecule has 0 saturated heterocycles. The lowest BCUT2D eigenvalue weighted by Gasteiger charge is -2.32. The summed E-state index contributed by atoms with van der Waals surface area (Å²) in [5, 5.41) is 19.6. The van der Waals surface area contributed by atoms with E-state index in [1.54, 1.807) is 11.8 Å². The Balaban J connectivity index is 1.66. The number of aliphatic hydroxyl groups is 1. The van der Waals surface area contributed by atoms with E-state index >= 15 is 0 Å². The van der Waals surface area contributed by atoms with Crippen molar-refractivity contribution in [2.75, 3.05) is 11.9 Å². The van der Waals surface area contributed by atoms with E-state index in [4.69, 9.17) is 0 Å². The van der Waals surface area contributed by atoms with Gasteiger partial charge in [0.2, 0.25) is 0 Å². The maximum Gasteiger partial charge on any atom is 0.275 e. The molecule has 0 atom stereocenters. The highest BCUT2D eigenvalue weighted by Crippen LogP contribution is 2.42. The van der Waals surface area contributed by atoms with Crippen LogP contribution in [0.2, 0.25) is 0 Å². The predicted molar refractivity (Wildman–Crippen MR) is 118 cm³/mol. The first-order chi connectivity index (χ1) is 15.7. The van der Waals surface area contributed by atoms with Gasteiger partial charge in [-0.1, -0.05) is 6.92 Å². The topological polar surface area (TPSA) is 133 Å². The van der Waals surface area contributed by atoms with Gasteiger partial charge in [0.25, 0.3) is 5.91 Å². The van der Waals surface area contributed by atoms with Crippen LogP contribution in [0, 0.1) is 19.7 Å². The molecule has 0 saturated carbocycles. The highest BCUT2D eigenvalue weighted by Gasteiger charge is 2.44. The molecule has 0 spiro atoms. The highest BCUT2D eigenvalue weighted by molar-refractivity contribution is 5.94. The van der Waals surface area contributed by atoms with Crippen LogP contribution in [0.25, 0.3) is 0 Å². The van der Waals surface area contributed by atoms with Crippen LogP contribution in [-0.2, 0) is 24.9 Å². The second-order valence-electron chi connectivity index (χ2n) is 8.50. The number of nitrogens with zero attached hydrogens (tertiary/aromatic N) is 6. The second kappa shape index (κ2) is 8.47. The standard InChI is InChI=1S/C22H27FN8O2/c1-6-16-24-9-14(23)20(27-16)28-19-13-10-31(22(4,5)18(13)29-30-19)21(33)17-12(3)25-11(2)15(26-17)7-8-32/h9,32H,6-8,10H2,1-5H3,(H2,24,27,28,29,30). The minimum absolute atomic E-state index is 0.0348. The number of nitrogens with one attached hydrogen (secondary N) is 2. The van der Waals surface area contributed by atoms with E-state index in [-0.39, 0.29) is 30.6 Å². The van der Waals surface area contributed by atoms with Crippen molar-refractivity contribution in [3.05, 3.63) is 51.9 Å². The Kier molecular flexibility index (Phi) is 5.83. The Morgan fingerprint density at radius 2 is 2.00 bits per heavy atom. The van der Waals surface area contributed by atoms with Gasteiger partial charge in [-0.05, 0) is 27.7 Å². The Bertz CT molecular complexity index is 1220. The summed E-state index contributed by atoms with van der Waals surface area (Å²) in [5.41, 5.74) is 2.84. The number of rotatable bonds is 6. The van der Waals surface area contributed by atoms with Gasteiger partial charge in [-0.2, -0.15) is 5.10 Å². The average Bonchev–Trinajstić information content (AvgIpc) is 3.29. The Morgan fingerprint density at radius 3 is 2.70 bits per heavy atom. The van der Waals surface area contributed by atoms with Crippen molar-refractivity contribution in [1.82, 2.24) is 35.0 Å². The third-order valence-corrected chi connectivity index (χ3v) is 5.96. The molecular weight excluding hydrogens is 427 g/mol. The van der Waals surface area contributed by atoms with Crippen molar-refractivity contribution in [3.63, 3.8) is 0 Å². The van der Waals surface area contributed by atoms with Crippen LogP contribution in [0.4, 0.5) is 16.0 Å². The van der Waals surface area contributed by atoms with E-state index in [0.29, 0.717) is 41.6 Å². The molecule has 174 valence electrons. The van der Waals surface area contributed by atoms with Crippen LogP contribution >= 0.6 is 0 Å². The van der Waals surface area contributed by atoms with E-state index in [0.717, 1.165) is 17.5 Å². The lowest BCUT2D eigenvalue weighted by atomic mass is 10.0. The molecule has 3 aromatic rings. The SMILES string of the molecule is CCc1ncc(F)c(Nc2n[nH]c3c2CN(C(=O)c2nc(CCO)c(C)nc2C)C3(C)C)n1. The van der Waals surface area contributed by atoms with Crippen molar-refractivity contribution in [2.45, 2.75) is 59.5 Å². The normalized spacial score (nSPS) is 14.5. The smallest absolute Gasteiger partial charge is 0.275 e. The van der Waals surface area contributed by atoms with Crippen molar-refractivity contribution >= 4 is 17.5 Å². The van der Waals surface area contributed by atoms with Crippen LogP contribution in [0.3, 0.4) is 0 Å². The molecule has 0 fully saturated rings. The molecule has 1 aliphatic heterocycles. The summed E-state index contributed by atoms with van der Waals surface area (Å²) in [6.45, 7) is 9.43. The average molecular weight is 455 g/mol. The summed E-state index contributed by atoms with van der Waals surface area (Å²) in [6.07, 6.45) is 2.02. The highest BCUT2D eigenvalue weighted by atomic mass is 19.1. The first-order valence-corrected chi connectivity index (χ1v) is 10.8. The van der Waals surface area contributed by atoms with Gasteiger partial charge in [0.1, 0.15) is 11.5 Å². The van der Waals surface area contributed by atoms with Gasteiger partial charge in [-0.3, -0.25) is 14.9 Å². The second-order valence-corrected chi connectivity index (χ2v) is 8.50. The summed E-state index contributed by atoms with van der Waals surface area (Å²) >= 11 is 0. The summed E-state index contributed by atoms with van der Waals surface area (Å²) in [7, 11) is 0. The fraction of sp³-hybridized carbons (Fsp3) is 0.455. The van der Waals surface area contributed by atoms with Crippen molar-refractivity contribution in [3.8, 4) is 0 Å². The predicted octanol–water partition coefficient (Wildman–Crippen LogP) is 2.48. The number of aromatic amines is 1. The number of halogens is 1. The van der Waals surface area contributed by atoms with E-state index < -0.39 is 11.4 Å². The van der Waals surface area contributed by atoms with Gasteiger partial charge in [-0.15, -0.1) is 0 Å². The molecule has 0 radical (unpaired) electrons. The largest absolute Gasteiger partial charge is 0.396 e. The third-order valence-electron chi connectivity index (χ3n) is 5.96. The zero-order valence-corrected chi connectivity index (χ0v) is 19.3. The van der Waals surface area contributed by atoms with Gasteiger partial charge in [0.15, 0.2) is 17.5 Å². The number of H-pyrrole nitrogens is 1. The monoisotopic (exact) mass is 454 g/mol. The maximum absolute atomic E-state index is 14.3. The molecule has 3 N–H and O–H groups in total. The summed E-state index contributed by atoms with van der Waals surface area (Å²) < 4.78 is 14.3. The molecule has 1 amide bonds. The minimum Gasteiger partial charge on any atom is -0.396 e. The Hall–Kier alpha value is -3.47. The number of aliphatic hydroxyl groups excluding tert-OH is 1. The summed E-state index contributed by atoms with van der Waals surface area (Å²) in [6, 6.07) is 0. The number of amides is 1.